The SMILES string of the molecule is Cc1cc(Br)cc(C)c1CNC(=O)c1ccccc1. The lowest BCUT2D eigenvalue weighted by molar-refractivity contribution is 0.0951. The summed E-state index contributed by atoms with van der Waals surface area (Å²) in [6.45, 7) is 4.67. The van der Waals surface area contributed by atoms with E-state index in [1.807, 2.05) is 30.3 Å². The summed E-state index contributed by atoms with van der Waals surface area (Å²) in [5.41, 5.74) is 4.22. The maximum Gasteiger partial charge on any atom is 0.251 e. The molecule has 1 N–H and O–H groups in total. The number of hydrogen-bond acceptors (Lipinski definition) is 1. The highest BCUT2D eigenvalue weighted by atomic mass is 79.9. The molecule has 0 radical (unpaired) electrons. The lowest BCUT2D eigenvalue weighted by Gasteiger charge is -2.12. The first-order valence-corrected chi connectivity index (χ1v) is 6.96. The summed E-state index contributed by atoms with van der Waals surface area (Å²) in [7, 11) is 0. The second-order valence-corrected chi connectivity index (χ2v) is 5.48. The Balaban J connectivity index is 2.10. The number of amides is 1. The number of hydrogen-bond donors (Lipinski definition) is 1. The molecule has 0 bridgehead atoms. The van der Waals surface area contributed by atoms with Crippen molar-refractivity contribution in [2.75, 3.05) is 0 Å². The molecule has 0 unspecified atom stereocenters. The molecule has 0 aromatic heterocycles. The molecular weight excluding hydrogens is 302 g/mol. The molecular formula is C16H16BrNO. The molecule has 0 spiro atoms. The number of benzene rings is 2. The van der Waals surface area contributed by atoms with E-state index in [1.54, 1.807) is 0 Å². The van der Waals surface area contributed by atoms with Crippen LogP contribution in [0.15, 0.2) is 46.9 Å². The van der Waals surface area contributed by atoms with Crippen molar-refractivity contribution >= 4 is 21.8 Å². The van der Waals surface area contributed by atoms with Crippen molar-refractivity contribution in [1.82, 2.24) is 5.32 Å². The topological polar surface area (TPSA) is 29.1 Å². The van der Waals surface area contributed by atoms with E-state index in [0.717, 1.165) is 4.47 Å². The second-order valence-electron chi connectivity index (χ2n) is 4.57. The third-order valence-corrected chi connectivity index (χ3v) is 3.58. The number of nitrogens with one attached hydrogen (secondary N) is 1. The van der Waals surface area contributed by atoms with Gasteiger partial charge in [0.2, 0.25) is 0 Å². The maximum absolute atomic E-state index is 12.0. The molecule has 19 heavy (non-hydrogen) atoms. The number of rotatable bonds is 3. The fourth-order valence-electron chi connectivity index (χ4n) is 2.08. The third-order valence-electron chi connectivity index (χ3n) is 3.12. The first-order chi connectivity index (χ1) is 9.08. The van der Waals surface area contributed by atoms with Crippen LogP contribution in [-0.2, 0) is 6.54 Å². The summed E-state index contributed by atoms with van der Waals surface area (Å²) in [6, 6.07) is 13.4. The van der Waals surface area contributed by atoms with Crippen LogP contribution in [-0.4, -0.2) is 5.91 Å². The molecule has 2 nitrogen and oxygen atoms in total. The summed E-state index contributed by atoms with van der Waals surface area (Å²) >= 11 is 3.48. The van der Waals surface area contributed by atoms with Crippen molar-refractivity contribution in [1.29, 1.82) is 0 Å². The van der Waals surface area contributed by atoms with Crippen LogP contribution in [0.5, 0.6) is 0 Å². The molecule has 2 rings (SSSR count). The first kappa shape index (κ1) is 13.8. The van der Waals surface area contributed by atoms with Gasteiger partial charge in [0.15, 0.2) is 0 Å². The molecule has 0 saturated carbocycles. The molecule has 0 fully saturated rings. The van der Waals surface area contributed by atoms with E-state index in [2.05, 4.69) is 47.2 Å². The van der Waals surface area contributed by atoms with Gasteiger partial charge in [0, 0.05) is 16.6 Å². The van der Waals surface area contributed by atoms with Crippen molar-refractivity contribution in [2.24, 2.45) is 0 Å². The van der Waals surface area contributed by atoms with Crippen molar-refractivity contribution in [2.45, 2.75) is 20.4 Å². The highest BCUT2D eigenvalue weighted by molar-refractivity contribution is 9.10. The largest absolute Gasteiger partial charge is 0.348 e. The monoisotopic (exact) mass is 317 g/mol. The Morgan fingerprint density at radius 3 is 2.26 bits per heavy atom. The van der Waals surface area contributed by atoms with Gasteiger partial charge in [0.25, 0.3) is 5.91 Å². The Labute approximate surface area is 122 Å². The van der Waals surface area contributed by atoms with Gasteiger partial charge in [-0.15, -0.1) is 0 Å². The van der Waals surface area contributed by atoms with Gasteiger partial charge in [0.05, 0.1) is 0 Å². The minimum atomic E-state index is -0.0395. The van der Waals surface area contributed by atoms with Crippen LogP contribution in [0.1, 0.15) is 27.0 Å². The Bertz CT molecular complexity index is 570. The Kier molecular flexibility index (Phi) is 4.38. The Morgan fingerprint density at radius 2 is 1.68 bits per heavy atom. The maximum atomic E-state index is 12.0. The Morgan fingerprint density at radius 1 is 1.11 bits per heavy atom. The molecule has 0 atom stereocenters. The number of carbonyl (C=O) groups is 1. The normalized spacial score (nSPS) is 10.3. The van der Waals surface area contributed by atoms with E-state index in [-0.39, 0.29) is 5.91 Å². The molecule has 0 aliphatic heterocycles. The molecule has 0 aliphatic carbocycles. The zero-order chi connectivity index (χ0) is 13.8. The Hall–Kier alpha value is -1.61. The van der Waals surface area contributed by atoms with Gasteiger partial charge in [-0.3, -0.25) is 4.79 Å². The zero-order valence-electron chi connectivity index (χ0n) is 11.0. The average Bonchev–Trinajstić information content (AvgIpc) is 2.38. The number of aryl methyl sites for hydroxylation is 2. The van der Waals surface area contributed by atoms with Gasteiger partial charge in [-0.2, -0.15) is 0 Å². The van der Waals surface area contributed by atoms with Gasteiger partial charge in [0.1, 0.15) is 0 Å². The highest BCUT2D eigenvalue weighted by Crippen LogP contribution is 2.20. The van der Waals surface area contributed by atoms with Crippen molar-refractivity contribution in [3.8, 4) is 0 Å². The smallest absolute Gasteiger partial charge is 0.251 e. The fraction of sp³-hybridized carbons (Fsp3) is 0.188. The predicted octanol–water partition coefficient (Wildman–Crippen LogP) is 4.00. The molecule has 2 aromatic carbocycles. The quantitative estimate of drug-likeness (QED) is 0.911. The third kappa shape index (κ3) is 3.44. The lowest BCUT2D eigenvalue weighted by Crippen LogP contribution is -2.23. The van der Waals surface area contributed by atoms with E-state index in [4.69, 9.17) is 0 Å². The first-order valence-electron chi connectivity index (χ1n) is 6.17. The second kappa shape index (κ2) is 6.02. The number of carbonyl (C=O) groups excluding carboxylic acids is 1. The minimum Gasteiger partial charge on any atom is -0.348 e. The summed E-state index contributed by atoms with van der Waals surface area (Å²) in [5, 5.41) is 2.96. The van der Waals surface area contributed by atoms with E-state index < -0.39 is 0 Å². The van der Waals surface area contributed by atoms with Gasteiger partial charge >= 0.3 is 0 Å². The molecule has 2 aromatic rings. The molecule has 0 heterocycles. The van der Waals surface area contributed by atoms with Gasteiger partial charge in [-0.25, -0.2) is 0 Å². The van der Waals surface area contributed by atoms with Crippen LogP contribution in [0.3, 0.4) is 0 Å². The molecule has 3 heteroatoms. The van der Waals surface area contributed by atoms with Gasteiger partial charge in [-0.1, -0.05) is 34.1 Å². The van der Waals surface area contributed by atoms with Crippen LogP contribution in [0, 0.1) is 13.8 Å². The van der Waals surface area contributed by atoms with E-state index >= 15 is 0 Å². The minimum absolute atomic E-state index is 0.0395. The molecule has 0 saturated heterocycles. The standard InChI is InChI=1S/C16H16BrNO/c1-11-8-14(17)9-12(2)15(11)10-18-16(19)13-6-4-3-5-7-13/h3-9H,10H2,1-2H3,(H,18,19). The van der Waals surface area contributed by atoms with Gasteiger partial charge < -0.3 is 5.32 Å². The molecule has 1 amide bonds. The zero-order valence-corrected chi connectivity index (χ0v) is 12.6. The summed E-state index contributed by atoms with van der Waals surface area (Å²) in [6.07, 6.45) is 0. The van der Waals surface area contributed by atoms with Crippen LogP contribution < -0.4 is 5.32 Å². The highest BCUT2D eigenvalue weighted by Gasteiger charge is 2.08. The summed E-state index contributed by atoms with van der Waals surface area (Å²) in [4.78, 5) is 12.0. The van der Waals surface area contributed by atoms with E-state index in [0.29, 0.717) is 12.1 Å². The van der Waals surface area contributed by atoms with Crippen LogP contribution in [0.25, 0.3) is 0 Å². The van der Waals surface area contributed by atoms with Gasteiger partial charge in [-0.05, 0) is 54.8 Å². The van der Waals surface area contributed by atoms with Crippen LogP contribution in [0.4, 0.5) is 0 Å². The van der Waals surface area contributed by atoms with Crippen molar-refractivity contribution in [3.63, 3.8) is 0 Å². The summed E-state index contributed by atoms with van der Waals surface area (Å²) in [5.74, 6) is -0.0395. The predicted molar refractivity (Wildman–Crippen MR) is 81.2 cm³/mol. The summed E-state index contributed by atoms with van der Waals surface area (Å²) < 4.78 is 1.07. The average molecular weight is 318 g/mol. The van der Waals surface area contributed by atoms with Crippen LogP contribution in [0.2, 0.25) is 0 Å². The van der Waals surface area contributed by atoms with E-state index in [9.17, 15) is 4.79 Å². The van der Waals surface area contributed by atoms with Crippen molar-refractivity contribution < 1.29 is 4.79 Å². The molecule has 0 aliphatic rings. The fourth-order valence-corrected chi connectivity index (χ4v) is 2.77. The molecule has 98 valence electrons. The number of halogens is 1. The van der Waals surface area contributed by atoms with Crippen molar-refractivity contribution in [3.05, 3.63) is 69.2 Å². The lowest BCUT2D eigenvalue weighted by atomic mass is 10.0. The van der Waals surface area contributed by atoms with Crippen LogP contribution >= 0.6 is 15.9 Å². The van der Waals surface area contributed by atoms with E-state index in [1.165, 1.54) is 16.7 Å².